The smallest absolute Gasteiger partial charge is 0.155 e. The molecular weight excluding hydrogens is 240 g/mol. The van der Waals surface area contributed by atoms with Gasteiger partial charge in [-0.05, 0) is 33.6 Å². The second kappa shape index (κ2) is 4.58. The highest BCUT2D eigenvalue weighted by atomic mass is 16.3. The maximum atomic E-state index is 9.33. The van der Waals surface area contributed by atoms with E-state index in [0.717, 1.165) is 35.4 Å². The third-order valence-corrected chi connectivity index (χ3v) is 3.95. The number of rotatable bonds is 3. The quantitative estimate of drug-likeness (QED) is 0.878. The minimum absolute atomic E-state index is 0.125. The van der Waals surface area contributed by atoms with Crippen LogP contribution < -0.4 is 5.32 Å². The maximum Gasteiger partial charge on any atom is 0.155 e. The molecule has 5 nitrogen and oxygen atoms in total. The fraction of sp³-hybridized carbons (Fsp3) is 0.571. The van der Waals surface area contributed by atoms with Crippen molar-refractivity contribution in [3.05, 3.63) is 29.2 Å². The molecule has 2 aromatic heterocycles. The van der Waals surface area contributed by atoms with E-state index in [4.69, 9.17) is 0 Å². The Morgan fingerprint density at radius 3 is 2.84 bits per heavy atom. The molecular formula is C14H20N4O. The average molecular weight is 260 g/mol. The third-order valence-electron chi connectivity index (χ3n) is 3.95. The molecule has 1 atom stereocenters. The van der Waals surface area contributed by atoms with Crippen LogP contribution in [0.3, 0.4) is 0 Å². The van der Waals surface area contributed by atoms with E-state index in [9.17, 15) is 5.11 Å². The van der Waals surface area contributed by atoms with Gasteiger partial charge in [0, 0.05) is 35.6 Å². The molecule has 102 valence electrons. The summed E-state index contributed by atoms with van der Waals surface area (Å²) in [6.45, 7) is 6.19. The van der Waals surface area contributed by atoms with Crippen LogP contribution >= 0.6 is 0 Å². The Hall–Kier alpha value is -1.46. The van der Waals surface area contributed by atoms with E-state index in [0.29, 0.717) is 6.04 Å². The van der Waals surface area contributed by atoms with E-state index in [2.05, 4.69) is 29.2 Å². The average Bonchev–Trinajstić information content (AvgIpc) is 2.69. The molecule has 2 heterocycles. The van der Waals surface area contributed by atoms with Crippen molar-refractivity contribution in [1.82, 2.24) is 19.9 Å². The van der Waals surface area contributed by atoms with Crippen molar-refractivity contribution >= 4 is 5.65 Å². The zero-order valence-electron chi connectivity index (χ0n) is 11.6. The minimum atomic E-state index is -0.125. The molecule has 0 aromatic carbocycles. The lowest BCUT2D eigenvalue weighted by Crippen LogP contribution is -2.45. The summed E-state index contributed by atoms with van der Waals surface area (Å²) in [6, 6.07) is 2.62. The lowest BCUT2D eigenvalue weighted by molar-refractivity contribution is 0.0585. The summed E-state index contributed by atoms with van der Waals surface area (Å²) in [4.78, 5) is 4.46. The highest BCUT2D eigenvalue weighted by molar-refractivity contribution is 5.42. The number of nitrogens with one attached hydrogen (secondary N) is 1. The molecule has 1 unspecified atom stereocenters. The second-order valence-corrected chi connectivity index (χ2v) is 5.57. The number of aliphatic hydroxyl groups is 1. The van der Waals surface area contributed by atoms with Gasteiger partial charge in [0.05, 0.1) is 11.8 Å². The number of hydrogen-bond donors (Lipinski definition) is 2. The van der Waals surface area contributed by atoms with E-state index < -0.39 is 0 Å². The standard InChI is InChI=1S/C14H20N4O/c1-8-4-14-15-7-13(10(3)18(14)17-8)9(2)16-11-5-12(19)6-11/h4,7,9,11-12,16,19H,5-6H2,1-3H3. The number of hydrogen-bond acceptors (Lipinski definition) is 4. The van der Waals surface area contributed by atoms with Crippen LogP contribution in [-0.4, -0.2) is 31.9 Å². The number of aliphatic hydroxyl groups excluding tert-OH is 1. The predicted molar refractivity (Wildman–Crippen MR) is 73.0 cm³/mol. The first-order valence-corrected chi connectivity index (χ1v) is 6.80. The van der Waals surface area contributed by atoms with Crippen molar-refractivity contribution in [3.63, 3.8) is 0 Å². The van der Waals surface area contributed by atoms with Crippen molar-refractivity contribution in [2.45, 2.75) is 51.8 Å². The SMILES string of the molecule is Cc1cc2ncc(C(C)NC3CC(O)C3)c(C)n2n1. The van der Waals surface area contributed by atoms with Gasteiger partial charge >= 0.3 is 0 Å². The van der Waals surface area contributed by atoms with Crippen molar-refractivity contribution in [1.29, 1.82) is 0 Å². The van der Waals surface area contributed by atoms with Crippen LogP contribution in [0.4, 0.5) is 0 Å². The summed E-state index contributed by atoms with van der Waals surface area (Å²) in [7, 11) is 0. The largest absolute Gasteiger partial charge is 0.393 e. The fourth-order valence-corrected chi connectivity index (χ4v) is 2.77. The fourth-order valence-electron chi connectivity index (χ4n) is 2.77. The van der Waals surface area contributed by atoms with Gasteiger partial charge in [0.15, 0.2) is 5.65 Å². The summed E-state index contributed by atoms with van der Waals surface area (Å²) < 4.78 is 1.90. The summed E-state index contributed by atoms with van der Waals surface area (Å²) in [5.74, 6) is 0. The van der Waals surface area contributed by atoms with Gasteiger partial charge in [0.1, 0.15) is 0 Å². The van der Waals surface area contributed by atoms with Crippen molar-refractivity contribution < 1.29 is 5.11 Å². The molecule has 3 rings (SSSR count). The Balaban J connectivity index is 1.85. The van der Waals surface area contributed by atoms with Crippen LogP contribution in [-0.2, 0) is 0 Å². The predicted octanol–water partition coefficient (Wildman–Crippen LogP) is 1.52. The lowest BCUT2D eigenvalue weighted by atomic mass is 9.88. The number of fused-ring (bicyclic) bond motifs is 1. The van der Waals surface area contributed by atoms with Crippen LogP contribution in [0, 0.1) is 13.8 Å². The van der Waals surface area contributed by atoms with Gasteiger partial charge in [0.25, 0.3) is 0 Å². The topological polar surface area (TPSA) is 62.5 Å². The summed E-state index contributed by atoms with van der Waals surface area (Å²) in [5.41, 5.74) is 4.16. The summed E-state index contributed by atoms with van der Waals surface area (Å²) >= 11 is 0. The van der Waals surface area contributed by atoms with Gasteiger partial charge in [-0.15, -0.1) is 0 Å². The second-order valence-electron chi connectivity index (χ2n) is 5.57. The van der Waals surface area contributed by atoms with Crippen molar-refractivity contribution in [2.75, 3.05) is 0 Å². The molecule has 5 heteroatoms. The Bertz CT molecular complexity index is 601. The van der Waals surface area contributed by atoms with Crippen LogP contribution in [0.25, 0.3) is 5.65 Å². The Kier molecular flexibility index (Phi) is 3.03. The Labute approximate surface area is 112 Å². The Morgan fingerprint density at radius 2 is 2.16 bits per heavy atom. The summed E-state index contributed by atoms with van der Waals surface area (Å²) in [5, 5.41) is 17.3. The van der Waals surface area contributed by atoms with E-state index in [-0.39, 0.29) is 12.1 Å². The van der Waals surface area contributed by atoms with E-state index >= 15 is 0 Å². The van der Waals surface area contributed by atoms with E-state index in [1.54, 1.807) is 0 Å². The third kappa shape index (κ3) is 2.24. The van der Waals surface area contributed by atoms with Crippen molar-refractivity contribution in [3.8, 4) is 0 Å². The van der Waals surface area contributed by atoms with E-state index in [1.807, 2.05) is 23.7 Å². The Morgan fingerprint density at radius 1 is 1.42 bits per heavy atom. The molecule has 0 aliphatic heterocycles. The maximum absolute atomic E-state index is 9.33. The van der Waals surface area contributed by atoms with Crippen LogP contribution in [0.15, 0.2) is 12.3 Å². The first kappa shape index (κ1) is 12.6. The molecule has 19 heavy (non-hydrogen) atoms. The van der Waals surface area contributed by atoms with Crippen molar-refractivity contribution in [2.24, 2.45) is 0 Å². The first-order chi connectivity index (χ1) is 9.04. The normalized spacial score (nSPS) is 24.4. The van der Waals surface area contributed by atoms with Crippen LogP contribution in [0.5, 0.6) is 0 Å². The zero-order valence-corrected chi connectivity index (χ0v) is 11.6. The number of aryl methyl sites for hydroxylation is 2. The van der Waals surface area contributed by atoms with Gasteiger partial charge in [-0.3, -0.25) is 0 Å². The molecule has 1 aliphatic carbocycles. The van der Waals surface area contributed by atoms with Gasteiger partial charge in [-0.25, -0.2) is 9.50 Å². The highest BCUT2D eigenvalue weighted by Crippen LogP contribution is 2.24. The molecule has 1 saturated carbocycles. The molecule has 2 aromatic rings. The molecule has 0 saturated heterocycles. The molecule has 0 spiro atoms. The molecule has 1 fully saturated rings. The molecule has 0 bridgehead atoms. The van der Waals surface area contributed by atoms with Gasteiger partial charge < -0.3 is 10.4 Å². The zero-order chi connectivity index (χ0) is 13.6. The molecule has 0 radical (unpaired) electrons. The van der Waals surface area contributed by atoms with E-state index in [1.165, 1.54) is 0 Å². The van der Waals surface area contributed by atoms with Gasteiger partial charge in [0.2, 0.25) is 0 Å². The number of nitrogens with zero attached hydrogens (tertiary/aromatic N) is 3. The van der Waals surface area contributed by atoms with Crippen LogP contribution in [0.1, 0.15) is 42.8 Å². The van der Waals surface area contributed by atoms with Crippen LogP contribution in [0.2, 0.25) is 0 Å². The van der Waals surface area contributed by atoms with Gasteiger partial charge in [-0.1, -0.05) is 0 Å². The van der Waals surface area contributed by atoms with Gasteiger partial charge in [-0.2, -0.15) is 5.10 Å². The first-order valence-electron chi connectivity index (χ1n) is 6.80. The number of aromatic nitrogens is 3. The highest BCUT2D eigenvalue weighted by Gasteiger charge is 2.28. The summed E-state index contributed by atoms with van der Waals surface area (Å²) in [6.07, 6.45) is 3.50. The molecule has 0 amide bonds. The molecule has 1 aliphatic rings. The minimum Gasteiger partial charge on any atom is -0.393 e. The lowest BCUT2D eigenvalue weighted by Gasteiger charge is -2.34. The molecule has 2 N–H and O–H groups in total. The monoisotopic (exact) mass is 260 g/mol.